The van der Waals surface area contributed by atoms with Crippen LogP contribution in [0.3, 0.4) is 0 Å². The van der Waals surface area contributed by atoms with E-state index in [2.05, 4.69) is 31.0 Å². The standard InChI is InChI=1S/C18H13BrN4O2/c1-23-16-15(10-20-23)17(24)22-18(21-16)25-14-8-4-12(5-9-14)11-2-6-13(19)7-3-11/h2-10H,1H3,(H,21,22,24). The highest BCUT2D eigenvalue weighted by Crippen LogP contribution is 2.25. The molecule has 4 rings (SSSR count). The van der Waals surface area contributed by atoms with Crippen LogP contribution in [0.4, 0.5) is 0 Å². The van der Waals surface area contributed by atoms with Gasteiger partial charge in [0, 0.05) is 11.5 Å². The van der Waals surface area contributed by atoms with E-state index in [9.17, 15) is 4.79 Å². The molecule has 25 heavy (non-hydrogen) atoms. The van der Waals surface area contributed by atoms with Crippen LogP contribution < -0.4 is 10.3 Å². The van der Waals surface area contributed by atoms with Gasteiger partial charge in [-0.25, -0.2) is 0 Å². The largest absolute Gasteiger partial charge is 0.426 e. The average molecular weight is 397 g/mol. The second-order valence-corrected chi connectivity index (χ2v) is 6.43. The smallest absolute Gasteiger partial charge is 0.304 e. The lowest BCUT2D eigenvalue weighted by Gasteiger charge is -2.06. The molecule has 124 valence electrons. The highest BCUT2D eigenvalue weighted by molar-refractivity contribution is 9.10. The van der Waals surface area contributed by atoms with Crippen LogP contribution in [0.25, 0.3) is 22.2 Å². The minimum Gasteiger partial charge on any atom is -0.426 e. The number of rotatable bonds is 3. The highest BCUT2D eigenvalue weighted by atomic mass is 79.9. The fraction of sp³-hybridized carbons (Fsp3) is 0.0556. The van der Waals surface area contributed by atoms with Crippen molar-refractivity contribution in [3.05, 3.63) is 69.6 Å². The van der Waals surface area contributed by atoms with Crippen molar-refractivity contribution in [2.75, 3.05) is 0 Å². The van der Waals surface area contributed by atoms with Crippen LogP contribution in [0.1, 0.15) is 0 Å². The minimum atomic E-state index is -0.278. The number of benzene rings is 2. The fourth-order valence-corrected chi connectivity index (χ4v) is 2.79. The Balaban J connectivity index is 1.62. The number of hydrogen-bond acceptors (Lipinski definition) is 4. The van der Waals surface area contributed by atoms with Crippen LogP contribution in [0, 0.1) is 0 Å². The second-order valence-electron chi connectivity index (χ2n) is 5.51. The quantitative estimate of drug-likeness (QED) is 0.570. The molecule has 0 saturated heterocycles. The first kappa shape index (κ1) is 15.6. The van der Waals surface area contributed by atoms with E-state index in [1.54, 1.807) is 7.05 Å². The molecular formula is C18H13BrN4O2. The number of aromatic nitrogens is 4. The summed E-state index contributed by atoms with van der Waals surface area (Å²) in [6.07, 6.45) is 1.48. The first-order valence-corrected chi connectivity index (χ1v) is 8.35. The van der Waals surface area contributed by atoms with E-state index in [4.69, 9.17) is 4.74 Å². The Morgan fingerprint density at radius 3 is 2.36 bits per heavy atom. The van der Waals surface area contributed by atoms with Gasteiger partial charge in [-0.1, -0.05) is 40.2 Å². The molecule has 0 aliphatic rings. The topological polar surface area (TPSA) is 72.8 Å². The molecule has 0 aliphatic carbocycles. The van der Waals surface area contributed by atoms with Crippen LogP contribution in [0.2, 0.25) is 0 Å². The third kappa shape index (κ3) is 3.06. The normalized spacial score (nSPS) is 11.0. The molecule has 7 heteroatoms. The van der Waals surface area contributed by atoms with Gasteiger partial charge in [-0.3, -0.25) is 14.5 Å². The van der Waals surface area contributed by atoms with Gasteiger partial charge in [0.15, 0.2) is 5.65 Å². The first-order chi connectivity index (χ1) is 12.1. The molecule has 1 N–H and O–H groups in total. The summed E-state index contributed by atoms with van der Waals surface area (Å²) < 4.78 is 8.26. The summed E-state index contributed by atoms with van der Waals surface area (Å²) in [5.74, 6) is 0.588. The molecule has 0 aliphatic heterocycles. The van der Waals surface area contributed by atoms with Gasteiger partial charge in [0.25, 0.3) is 5.56 Å². The van der Waals surface area contributed by atoms with Gasteiger partial charge in [-0.2, -0.15) is 10.1 Å². The molecule has 0 spiro atoms. The molecule has 0 atom stereocenters. The van der Waals surface area contributed by atoms with Crippen LogP contribution in [-0.2, 0) is 7.05 Å². The van der Waals surface area contributed by atoms with Crippen molar-refractivity contribution < 1.29 is 4.74 Å². The number of aryl methyl sites for hydroxylation is 1. The molecule has 4 aromatic rings. The van der Waals surface area contributed by atoms with E-state index in [0.717, 1.165) is 15.6 Å². The number of hydrogen-bond donors (Lipinski definition) is 1. The Labute approximate surface area is 151 Å². The first-order valence-electron chi connectivity index (χ1n) is 7.56. The van der Waals surface area contributed by atoms with Gasteiger partial charge in [0.2, 0.25) is 0 Å². The summed E-state index contributed by atoms with van der Waals surface area (Å²) in [5.41, 5.74) is 2.38. The SMILES string of the molecule is Cn1ncc2c(=O)[nH]c(Oc3ccc(-c4ccc(Br)cc4)cc3)nc21. The van der Waals surface area contributed by atoms with Crippen molar-refractivity contribution in [1.82, 2.24) is 19.7 Å². The number of fused-ring (bicyclic) bond motifs is 1. The van der Waals surface area contributed by atoms with E-state index < -0.39 is 0 Å². The van der Waals surface area contributed by atoms with Crippen LogP contribution in [0.15, 0.2) is 64.0 Å². The molecular weight excluding hydrogens is 384 g/mol. The summed E-state index contributed by atoms with van der Waals surface area (Å²) in [6.45, 7) is 0. The molecule has 0 unspecified atom stereocenters. The molecule has 2 heterocycles. The number of H-pyrrole nitrogens is 1. The van der Waals surface area contributed by atoms with E-state index in [1.807, 2.05) is 48.5 Å². The maximum Gasteiger partial charge on any atom is 0.304 e. The molecule has 2 aromatic carbocycles. The molecule has 0 fully saturated rings. The lowest BCUT2D eigenvalue weighted by molar-refractivity contribution is 0.442. The second kappa shape index (κ2) is 6.18. The number of aromatic amines is 1. The van der Waals surface area contributed by atoms with Crippen molar-refractivity contribution in [3.63, 3.8) is 0 Å². The third-order valence-corrected chi connectivity index (χ3v) is 4.36. The Bertz CT molecular complexity index is 1100. The van der Waals surface area contributed by atoms with Crippen LogP contribution >= 0.6 is 15.9 Å². The fourth-order valence-electron chi connectivity index (χ4n) is 2.53. The molecule has 6 nitrogen and oxygen atoms in total. The zero-order chi connectivity index (χ0) is 17.4. The summed E-state index contributed by atoms with van der Waals surface area (Å²) in [4.78, 5) is 19.0. The van der Waals surface area contributed by atoms with Gasteiger partial charge in [0.1, 0.15) is 11.1 Å². The Kier molecular flexibility index (Phi) is 3.85. The van der Waals surface area contributed by atoms with Gasteiger partial charge in [-0.15, -0.1) is 0 Å². The third-order valence-electron chi connectivity index (χ3n) is 3.83. The Hall–Kier alpha value is -2.93. The summed E-state index contributed by atoms with van der Waals surface area (Å²) in [6, 6.07) is 15.8. The predicted octanol–water partition coefficient (Wildman–Crippen LogP) is 3.88. The summed E-state index contributed by atoms with van der Waals surface area (Å²) in [5, 5.41) is 4.46. The monoisotopic (exact) mass is 396 g/mol. The van der Waals surface area contributed by atoms with Crippen molar-refractivity contribution in [2.24, 2.45) is 7.05 Å². The van der Waals surface area contributed by atoms with Crippen molar-refractivity contribution in [1.29, 1.82) is 0 Å². The zero-order valence-electron chi connectivity index (χ0n) is 13.2. The number of nitrogens with zero attached hydrogens (tertiary/aromatic N) is 3. The van der Waals surface area contributed by atoms with Gasteiger partial charge in [0.05, 0.1) is 6.20 Å². The maximum atomic E-state index is 12.0. The average Bonchev–Trinajstić information content (AvgIpc) is 2.98. The molecule has 0 radical (unpaired) electrons. The summed E-state index contributed by atoms with van der Waals surface area (Å²) in [7, 11) is 1.73. The van der Waals surface area contributed by atoms with E-state index in [1.165, 1.54) is 10.9 Å². The lowest BCUT2D eigenvalue weighted by Crippen LogP contribution is -2.09. The zero-order valence-corrected chi connectivity index (χ0v) is 14.8. The van der Waals surface area contributed by atoms with E-state index in [-0.39, 0.29) is 11.6 Å². The van der Waals surface area contributed by atoms with Crippen LogP contribution in [-0.4, -0.2) is 19.7 Å². The lowest BCUT2D eigenvalue weighted by atomic mass is 10.1. The van der Waals surface area contributed by atoms with Gasteiger partial charge in [-0.05, 0) is 35.4 Å². The van der Waals surface area contributed by atoms with E-state index in [0.29, 0.717) is 16.8 Å². The van der Waals surface area contributed by atoms with E-state index >= 15 is 0 Å². The van der Waals surface area contributed by atoms with Crippen molar-refractivity contribution >= 4 is 27.0 Å². The van der Waals surface area contributed by atoms with Crippen molar-refractivity contribution in [3.8, 4) is 22.9 Å². The Morgan fingerprint density at radius 2 is 1.68 bits per heavy atom. The molecule has 2 aromatic heterocycles. The Morgan fingerprint density at radius 1 is 1.04 bits per heavy atom. The maximum absolute atomic E-state index is 12.0. The number of ether oxygens (including phenoxy) is 1. The molecule has 0 bridgehead atoms. The summed E-state index contributed by atoms with van der Waals surface area (Å²) >= 11 is 3.43. The van der Waals surface area contributed by atoms with Gasteiger partial charge < -0.3 is 4.74 Å². The van der Waals surface area contributed by atoms with Crippen molar-refractivity contribution in [2.45, 2.75) is 0 Å². The molecule has 0 saturated carbocycles. The number of halogens is 1. The number of nitrogens with one attached hydrogen (secondary N) is 1. The minimum absolute atomic E-state index is 0.137. The van der Waals surface area contributed by atoms with Crippen LogP contribution in [0.5, 0.6) is 11.8 Å². The predicted molar refractivity (Wildman–Crippen MR) is 98.8 cm³/mol. The highest BCUT2D eigenvalue weighted by Gasteiger charge is 2.09. The van der Waals surface area contributed by atoms with Gasteiger partial charge >= 0.3 is 6.01 Å². The molecule has 0 amide bonds.